The molecule has 0 aromatic heterocycles. The molecule has 0 heterocycles. The maximum Gasteiger partial charge on any atom is 2.00 e. The summed E-state index contributed by atoms with van der Waals surface area (Å²) >= 11 is 0. The number of carbonyl (C=O) groups excluding carboxylic acids is 2. The molecule has 0 aliphatic carbocycles. The Labute approximate surface area is 87.4 Å². The Morgan fingerprint density at radius 1 is 0.923 bits per heavy atom. The summed E-state index contributed by atoms with van der Waals surface area (Å²) in [4.78, 5) is 19.0. The zero-order valence-electron chi connectivity index (χ0n) is 7.35. The molecule has 0 aliphatic heterocycles. The van der Waals surface area contributed by atoms with Crippen molar-refractivity contribution in [2.24, 2.45) is 0 Å². The van der Waals surface area contributed by atoms with E-state index in [2.05, 4.69) is 13.2 Å². The SMILES string of the molecule is C=C(C)C(=O)[O-].C=C(C)C(=O)[O-].[Cu+2]. The molecule has 0 amide bonds. The first kappa shape index (κ1) is 17.9. The number of aliphatic carboxylic acids is 2. The van der Waals surface area contributed by atoms with Crippen LogP contribution in [0.1, 0.15) is 13.8 Å². The third-order valence-corrected chi connectivity index (χ3v) is 0.697. The first-order chi connectivity index (χ1) is 5.29. The molecular weight excluding hydrogens is 224 g/mol. The smallest absolute Gasteiger partial charge is 0.545 e. The zero-order chi connectivity index (χ0) is 10.3. The zero-order valence-corrected chi connectivity index (χ0v) is 8.29. The van der Waals surface area contributed by atoms with Gasteiger partial charge in [0, 0.05) is 0 Å². The molecule has 1 radical (unpaired) electrons. The van der Waals surface area contributed by atoms with E-state index in [0.717, 1.165) is 0 Å². The van der Waals surface area contributed by atoms with Crippen LogP contribution < -0.4 is 10.2 Å². The fourth-order valence-corrected chi connectivity index (χ4v) is 0. The van der Waals surface area contributed by atoms with Gasteiger partial charge >= 0.3 is 17.1 Å². The molecule has 0 aromatic carbocycles. The van der Waals surface area contributed by atoms with Crippen molar-refractivity contribution in [1.29, 1.82) is 0 Å². The van der Waals surface area contributed by atoms with Gasteiger partial charge < -0.3 is 19.8 Å². The van der Waals surface area contributed by atoms with Gasteiger partial charge in [-0.1, -0.05) is 13.2 Å². The summed E-state index contributed by atoms with van der Waals surface area (Å²) in [6.45, 7) is 8.95. The van der Waals surface area contributed by atoms with E-state index in [-0.39, 0.29) is 28.2 Å². The quantitative estimate of drug-likeness (QED) is 0.435. The Morgan fingerprint density at radius 2 is 1.00 bits per heavy atom. The largest absolute Gasteiger partial charge is 2.00 e. The number of hydrogen-bond donors (Lipinski definition) is 0. The summed E-state index contributed by atoms with van der Waals surface area (Å²) in [7, 11) is 0. The molecule has 0 bridgehead atoms. The van der Waals surface area contributed by atoms with E-state index < -0.39 is 11.9 Å². The van der Waals surface area contributed by atoms with Gasteiger partial charge in [-0.25, -0.2) is 0 Å². The third-order valence-electron chi connectivity index (χ3n) is 0.697. The third kappa shape index (κ3) is 18.2. The summed E-state index contributed by atoms with van der Waals surface area (Å²) < 4.78 is 0. The van der Waals surface area contributed by atoms with Gasteiger partial charge in [-0.15, -0.1) is 0 Å². The average Bonchev–Trinajstić information content (AvgIpc) is 1.88. The second kappa shape index (κ2) is 9.03. The summed E-state index contributed by atoms with van der Waals surface area (Å²) in [5.41, 5.74) is 0.130. The Hall–Kier alpha value is -1.06. The van der Waals surface area contributed by atoms with Gasteiger partial charge in [-0.2, -0.15) is 0 Å². The van der Waals surface area contributed by atoms with Gasteiger partial charge in [0.15, 0.2) is 0 Å². The molecule has 0 spiro atoms. The van der Waals surface area contributed by atoms with Gasteiger partial charge in [0.2, 0.25) is 0 Å². The monoisotopic (exact) mass is 233 g/mol. The molecule has 0 aliphatic rings. The fraction of sp³-hybridized carbons (Fsp3) is 0.250. The molecule has 0 aromatic rings. The molecule has 0 rings (SSSR count). The molecule has 77 valence electrons. The van der Waals surface area contributed by atoms with E-state index in [4.69, 9.17) is 0 Å². The van der Waals surface area contributed by atoms with Crippen LogP contribution in [0.5, 0.6) is 0 Å². The molecule has 0 unspecified atom stereocenters. The van der Waals surface area contributed by atoms with Gasteiger partial charge in [-0.3, -0.25) is 0 Å². The van der Waals surface area contributed by atoms with Crippen LogP contribution in [0.4, 0.5) is 0 Å². The number of carbonyl (C=O) groups is 2. The molecular formula is C8H10CuO4. The topological polar surface area (TPSA) is 80.3 Å². The Kier molecular flexibility index (Phi) is 12.4. The summed E-state index contributed by atoms with van der Waals surface area (Å²) in [6, 6.07) is 0. The van der Waals surface area contributed by atoms with Crippen molar-refractivity contribution >= 4 is 11.9 Å². The number of carboxylic acids is 2. The van der Waals surface area contributed by atoms with Gasteiger partial charge in [-0.05, 0) is 25.0 Å². The van der Waals surface area contributed by atoms with Crippen LogP contribution in [-0.2, 0) is 26.7 Å². The van der Waals surface area contributed by atoms with E-state index in [1.54, 1.807) is 0 Å². The van der Waals surface area contributed by atoms with Crippen LogP contribution in [0, 0.1) is 0 Å². The van der Waals surface area contributed by atoms with Crippen LogP contribution in [0.25, 0.3) is 0 Å². The minimum absolute atomic E-state index is 0. The summed E-state index contributed by atoms with van der Waals surface area (Å²) in [5.74, 6) is -2.37. The van der Waals surface area contributed by atoms with Crippen molar-refractivity contribution in [1.82, 2.24) is 0 Å². The predicted octanol–water partition coefficient (Wildman–Crippen LogP) is -1.38. The second-order valence-corrected chi connectivity index (χ2v) is 2.14. The predicted molar refractivity (Wildman–Crippen MR) is 39.6 cm³/mol. The maximum atomic E-state index is 9.49. The maximum absolute atomic E-state index is 9.49. The molecule has 0 fully saturated rings. The molecule has 5 heteroatoms. The van der Waals surface area contributed by atoms with E-state index in [0.29, 0.717) is 0 Å². The van der Waals surface area contributed by atoms with E-state index >= 15 is 0 Å². The average molecular weight is 234 g/mol. The fourth-order valence-electron chi connectivity index (χ4n) is 0. The van der Waals surface area contributed by atoms with Gasteiger partial charge in [0.25, 0.3) is 0 Å². The van der Waals surface area contributed by atoms with Crippen LogP contribution in [0.3, 0.4) is 0 Å². The first-order valence-corrected chi connectivity index (χ1v) is 3.02. The van der Waals surface area contributed by atoms with Crippen LogP contribution in [-0.4, -0.2) is 11.9 Å². The van der Waals surface area contributed by atoms with Crippen molar-refractivity contribution < 1.29 is 36.9 Å². The van der Waals surface area contributed by atoms with Crippen LogP contribution >= 0.6 is 0 Å². The number of rotatable bonds is 2. The van der Waals surface area contributed by atoms with Crippen molar-refractivity contribution in [3.8, 4) is 0 Å². The minimum Gasteiger partial charge on any atom is -0.545 e. The molecule has 0 saturated heterocycles. The number of carboxylic acid groups (broad SMARTS) is 2. The standard InChI is InChI=1S/2C4H6O2.Cu/c2*1-3(2)4(5)6;/h2*1H2,2H3,(H,5,6);/q;;+2/p-2. The Balaban J connectivity index is -0.000000143. The molecule has 0 atom stereocenters. The van der Waals surface area contributed by atoms with Crippen LogP contribution in [0.15, 0.2) is 24.3 Å². The van der Waals surface area contributed by atoms with E-state index in [1.165, 1.54) is 13.8 Å². The number of hydrogen-bond acceptors (Lipinski definition) is 4. The van der Waals surface area contributed by atoms with Gasteiger partial charge in [0.05, 0.1) is 11.9 Å². The van der Waals surface area contributed by atoms with Crippen molar-refractivity contribution in [3.05, 3.63) is 24.3 Å². The second-order valence-electron chi connectivity index (χ2n) is 2.14. The molecule has 0 N–H and O–H groups in total. The van der Waals surface area contributed by atoms with E-state index in [9.17, 15) is 19.8 Å². The molecule has 4 nitrogen and oxygen atoms in total. The first-order valence-electron chi connectivity index (χ1n) is 3.02. The Bertz CT molecular complexity index is 172. The minimum atomic E-state index is -1.19. The summed E-state index contributed by atoms with van der Waals surface area (Å²) in [6.07, 6.45) is 0. The normalized spacial score (nSPS) is 6.92. The van der Waals surface area contributed by atoms with Gasteiger partial charge in [0.1, 0.15) is 0 Å². The van der Waals surface area contributed by atoms with Crippen molar-refractivity contribution in [2.45, 2.75) is 13.8 Å². The van der Waals surface area contributed by atoms with Crippen LogP contribution in [0.2, 0.25) is 0 Å². The molecule has 13 heavy (non-hydrogen) atoms. The van der Waals surface area contributed by atoms with E-state index in [1.807, 2.05) is 0 Å². The molecule has 0 saturated carbocycles. The Morgan fingerprint density at radius 3 is 1.00 bits per heavy atom. The van der Waals surface area contributed by atoms with Crippen molar-refractivity contribution in [3.63, 3.8) is 0 Å². The summed E-state index contributed by atoms with van der Waals surface area (Å²) in [5, 5.41) is 19.0. The van der Waals surface area contributed by atoms with Crippen molar-refractivity contribution in [2.75, 3.05) is 0 Å².